The molecule has 0 aromatic carbocycles. The van der Waals surface area contributed by atoms with E-state index in [1.54, 1.807) is 0 Å². The summed E-state index contributed by atoms with van der Waals surface area (Å²) in [6, 6.07) is 0. The van der Waals surface area contributed by atoms with Crippen LogP contribution in [0.2, 0.25) is 0 Å². The molecule has 2 rings (SSSR count). The molecule has 100 valence electrons. The second-order valence-corrected chi connectivity index (χ2v) is 5.72. The summed E-state index contributed by atoms with van der Waals surface area (Å²) in [7, 11) is 1.82. The van der Waals surface area contributed by atoms with Gasteiger partial charge in [-0.1, -0.05) is 0 Å². The van der Waals surface area contributed by atoms with Crippen molar-refractivity contribution in [2.24, 2.45) is 5.73 Å². The van der Waals surface area contributed by atoms with Crippen molar-refractivity contribution in [2.75, 3.05) is 40.0 Å². The van der Waals surface area contributed by atoms with E-state index in [0.717, 1.165) is 52.1 Å². The van der Waals surface area contributed by atoms with E-state index in [9.17, 15) is 0 Å². The van der Waals surface area contributed by atoms with Crippen molar-refractivity contribution in [1.29, 1.82) is 0 Å². The zero-order valence-corrected chi connectivity index (χ0v) is 11.2. The molecule has 0 aromatic heterocycles. The lowest BCUT2D eigenvalue weighted by Gasteiger charge is -2.51. The highest BCUT2D eigenvalue weighted by atomic mass is 16.5. The Labute approximate surface area is 104 Å². The standard InChI is InChI=1S/C13H26N2O2/c1-12(16-2)4-3-7-15(11-12)13(10-14)5-8-17-9-6-13/h3-11,14H2,1-2H3. The SMILES string of the molecule is COC1(C)CCCN(C2(CN)CCOCC2)C1. The van der Waals surface area contributed by atoms with Crippen molar-refractivity contribution in [3.63, 3.8) is 0 Å². The van der Waals surface area contributed by atoms with Gasteiger partial charge >= 0.3 is 0 Å². The number of piperidine rings is 1. The molecule has 0 saturated carbocycles. The van der Waals surface area contributed by atoms with Gasteiger partial charge in [0, 0.05) is 39.0 Å². The first-order chi connectivity index (χ1) is 8.14. The summed E-state index contributed by atoms with van der Waals surface area (Å²) in [6.07, 6.45) is 4.47. The van der Waals surface area contributed by atoms with Crippen LogP contribution in [0.25, 0.3) is 0 Å². The highest BCUT2D eigenvalue weighted by Gasteiger charge is 2.42. The lowest BCUT2D eigenvalue weighted by Crippen LogP contribution is -2.62. The van der Waals surface area contributed by atoms with Crippen molar-refractivity contribution in [3.8, 4) is 0 Å². The smallest absolute Gasteiger partial charge is 0.0777 e. The normalized spacial score (nSPS) is 34.8. The van der Waals surface area contributed by atoms with Gasteiger partial charge in [0.25, 0.3) is 0 Å². The molecule has 0 aromatic rings. The van der Waals surface area contributed by atoms with Crippen LogP contribution in [0.15, 0.2) is 0 Å². The zero-order chi connectivity index (χ0) is 12.4. The lowest BCUT2D eigenvalue weighted by atomic mass is 9.83. The fraction of sp³-hybridized carbons (Fsp3) is 1.00. The van der Waals surface area contributed by atoms with Gasteiger partial charge in [0.2, 0.25) is 0 Å². The third-order valence-corrected chi connectivity index (χ3v) is 4.63. The quantitative estimate of drug-likeness (QED) is 0.802. The Bertz CT molecular complexity index is 254. The van der Waals surface area contributed by atoms with Gasteiger partial charge in [-0.05, 0) is 39.2 Å². The number of likely N-dealkylation sites (tertiary alicyclic amines) is 1. The molecule has 4 nitrogen and oxygen atoms in total. The van der Waals surface area contributed by atoms with E-state index in [2.05, 4.69) is 11.8 Å². The summed E-state index contributed by atoms with van der Waals surface area (Å²) in [5.41, 5.74) is 6.21. The topological polar surface area (TPSA) is 47.7 Å². The Kier molecular flexibility index (Phi) is 4.08. The maximum absolute atomic E-state index is 6.06. The maximum Gasteiger partial charge on any atom is 0.0777 e. The first kappa shape index (κ1) is 13.3. The first-order valence-electron chi connectivity index (χ1n) is 6.72. The van der Waals surface area contributed by atoms with Gasteiger partial charge in [0.15, 0.2) is 0 Å². The molecule has 2 fully saturated rings. The fourth-order valence-electron chi connectivity index (χ4n) is 3.18. The summed E-state index contributed by atoms with van der Waals surface area (Å²) in [6.45, 7) is 6.78. The average molecular weight is 242 g/mol. The highest BCUT2D eigenvalue weighted by molar-refractivity contribution is 4.98. The summed E-state index contributed by atoms with van der Waals surface area (Å²) in [5, 5.41) is 0. The van der Waals surface area contributed by atoms with Gasteiger partial charge in [0.05, 0.1) is 5.60 Å². The van der Waals surface area contributed by atoms with Crippen LogP contribution in [0.1, 0.15) is 32.6 Å². The van der Waals surface area contributed by atoms with Crippen LogP contribution in [0.3, 0.4) is 0 Å². The molecule has 1 atom stereocenters. The summed E-state index contributed by atoms with van der Waals surface area (Å²) in [4.78, 5) is 2.56. The van der Waals surface area contributed by atoms with Crippen LogP contribution in [0, 0.1) is 0 Å². The van der Waals surface area contributed by atoms with Crippen molar-refractivity contribution >= 4 is 0 Å². The van der Waals surface area contributed by atoms with Crippen molar-refractivity contribution in [1.82, 2.24) is 4.90 Å². The third kappa shape index (κ3) is 2.65. The van der Waals surface area contributed by atoms with Crippen LogP contribution < -0.4 is 5.73 Å². The van der Waals surface area contributed by atoms with Gasteiger partial charge < -0.3 is 15.2 Å². The molecule has 2 heterocycles. The minimum absolute atomic E-state index is 0.00127. The predicted molar refractivity (Wildman–Crippen MR) is 68.1 cm³/mol. The van der Waals surface area contributed by atoms with Gasteiger partial charge in [-0.2, -0.15) is 0 Å². The average Bonchev–Trinajstić information content (AvgIpc) is 2.39. The van der Waals surface area contributed by atoms with E-state index in [1.807, 2.05) is 7.11 Å². The Hall–Kier alpha value is -0.160. The Morgan fingerprint density at radius 3 is 2.59 bits per heavy atom. The van der Waals surface area contributed by atoms with Crippen LogP contribution in [-0.4, -0.2) is 56.0 Å². The molecule has 17 heavy (non-hydrogen) atoms. The number of rotatable bonds is 3. The van der Waals surface area contributed by atoms with Crippen molar-refractivity contribution in [2.45, 2.75) is 43.7 Å². The molecule has 0 amide bonds. The molecular weight excluding hydrogens is 216 g/mol. The van der Waals surface area contributed by atoms with E-state index < -0.39 is 0 Å². The summed E-state index contributed by atoms with van der Waals surface area (Å²) < 4.78 is 11.2. The molecule has 1 unspecified atom stereocenters. The van der Waals surface area contributed by atoms with Crippen LogP contribution in [0.4, 0.5) is 0 Å². The molecule has 0 spiro atoms. The number of nitrogens with two attached hydrogens (primary N) is 1. The largest absolute Gasteiger partial charge is 0.381 e. The van der Waals surface area contributed by atoms with E-state index >= 15 is 0 Å². The Balaban J connectivity index is 2.08. The number of hydrogen-bond donors (Lipinski definition) is 1. The molecule has 2 saturated heterocycles. The van der Waals surface area contributed by atoms with E-state index in [-0.39, 0.29) is 11.1 Å². The number of nitrogens with zero attached hydrogens (tertiary/aromatic N) is 1. The van der Waals surface area contributed by atoms with Crippen LogP contribution in [-0.2, 0) is 9.47 Å². The van der Waals surface area contributed by atoms with Crippen molar-refractivity contribution < 1.29 is 9.47 Å². The van der Waals surface area contributed by atoms with Gasteiger partial charge in [-0.25, -0.2) is 0 Å². The fourth-order valence-corrected chi connectivity index (χ4v) is 3.18. The van der Waals surface area contributed by atoms with E-state index in [1.165, 1.54) is 6.42 Å². The molecule has 0 aliphatic carbocycles. The highest BCUT2D eigenvalue weighted by Crippen LogP contribution is 2.33. The predicted octanol–water partition coefficient (Wildman–Crippen LogP) is 0.995. The number of hydrogen-bond acceptors (Lipinski definition) is 4. The molecule has 2 aliphatic heterocycles. The lowest BCUT2D eigenvalue weighted by molar-refractivity contribution is -0.102. The number of methoxy groups -OCH3 is 1. The zero-order valence-electron chi connectivity index (χ0n) is 11.2. The minimum Gasteiger partial charge on any atom is -0.381 e. The van der Waals surface area contributed by atoms with Gasteiger partial charge in [0.1, 0.15) is 0 Å². The molecular formula is C13H26N2O2. The molecule has 2 aliphatic rings. The van der Waals surface area contributed by atoms with E-state index in [4.69, 9.17) is 15.2 Å². The van der Waals surface area contributed by atoms with Gasteiger partial charge in [-0.15, -0.1) is 0 Å². The molecule has 0 bridgehead atoms. The van der Waals surface area contributed by atoms with Crippen LogP contribution >= 0.6 is 0 Å². The molecule has 0 radical (unpaired) electrons. The Morgan fingerprint density at radius 1 is 1.29 bits per heavy atom. The molecule has 2 N–H and O–H groups in total. The monoisotopic (exact) mass is 242 g/mol. The van der Waals surface area contributed by atoms with Gasteiger partial charge in [-0.3, -0.25) is 4.90 Å². The number of ether oxygens (including phenoxy) is 2. The summed E-state index contributed by atoms with van der Waals surface area (Å²) >= 11 is 0. The second kappa shape index (κ2) is 5.22. The second-order valence-electron chi connectivity index (χ2n) is 5.72. The summed E-state index contributed by atoms with van der Waals surface area (Å²) in [5.74, 6) is 0. The van der Waals surface area contributed by atoms with Crippen LogP contribution in [0.5, 0.6) is 0 Å². The van der Waals surface area contributed by atoms with Crippen molar-refractivity contribution in [3.05, 3.63) is 0 Å². The third-order valence-electron chi connectivity index (χ3n) is 4.63. The maximum atomic E-state index is 6.06. The van der Waals surface area contributed by atoms with E-state index in [0.29, 0.717) is 0 Å². The first-order valence-corrected chi connectivity index (χ1v) is 6.72. The Morgan fingerprint density at radius 2 is 2.00 bits per heavy atom. The molecule has 4 heteroatoms. The minimum atomic E-state index is -0.00127.